The Kier molecular flexibility index (Phi) is 8.08. The van der Waals surface area contributed by atoms with Crippen molar-refractivity contribution in [2.24, 2.45) is 0 Å². The number of carbonyl (C=O) groups is 1. The molecule has 0 radical (unpaired) electrons. The number of ether oxygens (including phenoxy) is 1. The van der Waals surface area contributed by atoms with Gasteiger partial charge in [-0.15, -0.1) is 0 Å². The number of aromatic nitrogens is 2. The molecule has 2 atom stereocenters. The van der Waals surface area contributed by atoms with E-state index in [2.05, 4.69) is 10.2 Å². The number of aromatic amines is 1. The zero-order valence-electron chi connectivity index (χ0n) is 19.3. The van der Waals surface area contributed by atoms with Crippen LogP contribution in [-0.4, -0.2) is 76.9 Å². The number of likely N-dealkylation sites (tertiary alicyclic amines) is 1. The van der Waals surface area contributed by atoms with Gasteiger partial charge in [0.05, 0.1) is 17.9 Å². The molecule has 2 unspecified atom stereocenters. The summed E-state index contributed by atoms with van der Waals surface area (Å²) in [6.45, 7) is 5.70. The molecule has 6 nitrogen and oxygen atoms in total. The summed E-state index contributed by atoms with van der Waals surface area (Å²) in [6, 6.07) is 7.40. The highest BCUT2D eigenvalue weighted by Gasteiger charge is 2.36. The maximum absolute atomic E-state index is 13.3. The lowest BCUT2D eigenvalue weighted by Gasteiger charge is -2.40. The van der Waals surface area contributed by atoms with Gasteiger partial charge in [-0.3, -0.25) is 5.10 Å². The summed E-state index contributed by atoms with van der Waals surface area (Å²) < 4.78 is 44.6. The SMILES string of the molecule is CCOCCc1cc(C2CC(c3ccc(C(F)(F)F)cc3)CN(C(=O)N3CCSCC3)C2)n[nH]1. The number of halogens is 3. The van der Waals surface area contributed by atoms with E-state index in [1.165, 1.54) is 0 Å². The summed E-state index contributed by atoms with van der Waals surface area (Å²) in [5, 5.41) is 7.59. The first-order valence-corrected chi connectivity index (χ1v) is 12.9. The number of amides is 2. The van der Waals surface area contributed by atoms with E-state index in [0.29, 0.717) is 26.3 Å². The Balaban J connectivity index is 1.54. The van der Waals surface area contributed by atoms with Crippen LogP contribution in [0.15, 0.2) is 30.3 Å². The Morgan fingerprint density at radius 1 is 1.15 bits per heavy atom. The van der Waals surface area contributed by atoms with Crippen LogP contribution in [0, 0.1) is 0 Å². The average molecular weight is 497 g/mol. The molecule has 2 aliphatic rings. The average Bonchev–Trinajstić information content (AvgIpc) is 3.33. The van der Waals surface area contributed by atoms with Gasteiger partial charge in [0.15, 0.2) is 0 Å². The first-order chi connectivity index (χ1) is 16.3. The Labute approximate surface area is 202 Å². The number of H-pyrrole nitrogens is 1. The second kappa shape index (κ2) is 11.0. The van der Waals surface area contributed by atoms with Crippen LogP contribution in [0.25, 0.3) is 0 Å². The van der Waals surface area contributed by atoms with Crippen molar-refractivity contribution in [2.75, 3.05) is 50.9 Å². The number of rotatable bonds is 6. The van der Waals surface area contributed by atoms with Crippen molar-refractivity contribution >= 4 is 17.8 Å². The van der Waals surface area contributed by atoms with E-state index >= 15 is 0 Å². The van der Waals surface area contributed by atoms with E-state index < -0.39 is 11.7 Å². The first-order valence-electron chi connectivity index (χ1n) is 11.8. The van der Waals surface area contributed by atoms with Gasteiger partial charge in [-0.05, 0) is 37.1 Å². The van der Waals surface area contributed by atoms with E-state index in [9.17, 15) is 18.0 Å². The second-order valence-corrected chi connectivity index (χ2v) is 10.0. The largest absolute Gasteiger partial charge is 0.416 e. The van der Waals surface area contributed by atoms with Crippen LogP contribution in [-0.2, 0) is 17.3 Å². The number of hydrogen-bond acceptors (Lipinski definition) is 4. The standard InChI is InChI=1S/C24H31F3N4O2S/c1-2-33-10-7-21-14-22(29-28-21)19-13-18(17-3-5-20(6-4-17)24(25,26)27)15-31(16-19)23(32)30-8-11-34-12-9-30/h3-6,14,18-19H,2,7-13,15-16H2,1H3,(H,28,29). The van der Waals surface area contributed by atoms with Gasteiger partial charge in [-0.2, -0.15) is 30.0 Å². The number of benzene rings is 1. The Morgan fingerprint density at radius 3 is 2.53 bits per heavy atom. The third-order valence-corrected chi connectivity index (χ3v) is 7.44. The Hall–Kier alpha value is -2.20. The quantitative estimate of drug-likeness (QED) is 0.587. The van der Waals surface area contributed by atoms with Gasteiger partial charge in [0.25, 0.3) is 0 Å². The zero-order valence-corrected chi connectivity index (χ0v) is 20.1. The van der Waals surface area contributed by atoms with Crippen LogP contribution in [0.1, 0.15) is 47.7 Å². The molecule has 0 bridgehead atoms. The molecule has 0 spiro atoms. The molecular formula is C24H31F3N4O2S. The van der Waals surface area contributed by atoms with E-state index in [4.69, 9.17) is 4.74 Å². The van der Waals surface area contributed by atoms with Crippen molar-refractivity contribution in [3.05, 3.63) is 52.8 Å². The van der Waals surface area contributed by atoms with Crippen LogP contribution >= 0.6 is 11.8 Å². The molecule has 2 saturated heterocycles. The molecule has 1 aromatic heterocycles. The number of thioether (sulfide) groups is 1. The zero-order chi connectivity index (χ0) is 24.1. The van der Waals surface area contributed by atoms with Gasteiger partial charge in [0.1, 0.15) is 0 Å². The van der Waals surface area contributed by atoms with Gasteiger partial charge >= 0.3 is 12.2 Å². The maximum atomic E-state index is 13.3. The minimum absolute atomic E-state index is 0.00116. The monoisotopic (exact) mass is 496 g/mol. The highest BCUT2D eigenvalue weighted by Crippen LogP contribution is 2.37. The molecule has 2 aliphatic heterocycles. The molecule has 2 amide bonds. The molecule has 0 aliphatic carbocycles. The molecule has 34 heavy (non-hydrogen) atoms. The lowest BCUT2D eigenvalue weighted by Crippen LogP contribution is -2.51. The summed E-state index contributed by atoms with van der Waals surface area (Å²) in [5.74, 6) is 1.79. The van der Waals surface area contributed by atoms with Crippen molar-refractivity contribution in [1.82, 2.24) is 20.0 Å². The van der Waals surface area contributed by atoms with Crippen molar-refractivity contribution in [3.63, 3.8) is 0 Å². The van der Waals surface area contributed by atoms with Gasteiger partial charge < -0.3 is 14.5 Å². The number of carbonyl (C=O) groups excluding carboxylic acids is 1. The second-order valence-electron chi connectivity index (χ2n) is 8.80. The minimum atomic E-state index is -4.37. The molecule has 10 heteroatoms. The fraction of sp³-hybridized carbons (Fsp3) is 0.583. The lowest BCUT2D eigenvalue weighted by molar-refractivity contribution is -0.137. The minimum Gasteiger partial charge on any atom is -0.381 e. The molecule has 1 N–H and O–H groups in total. The van der Waals surface area contributed by atoms with Gasteiger partial charge in [-0.1, -0.05) is 12.1 Å². The number of urea groups is 1. The van der Waals surface area contributed by atoms with Crippen molar-refractivity contribution in [1.29, 1.82) is 0 Å². The van der Waals surface area contributed by atoms with Gasteiger partial charge in [0, 0.05) is 68.2 Å². The van der Waals surface area contributed by atoms with E-state index in [1.54, 1.807) is 12.1 Å². The van der Waals surface area contributed by atoms with E-state index in [0.717, 1.165) is 66.5 Å². The number of hydrogen-bond donors (Lipinski definition) is 1. The lowest BCUT2D eigenvalue weighted by atomic mass is 9.82. The van der Waals surface area contributed by atoms with Gasteiger partial charge in [-0.25, -0.2) is 4.79 Å². The fourth-order valence-corrected chi connectivity index (χ4v) is 5.56. The highest BCUT2D eigenvalue weighted by molar-refractivity contribution is 7.99. The van der Waals surface area contributed by atoms with Crippen LogP contribution in [0.3, 0.4) is 0 Å². The molecule has 4 rings (SSSR count). The summed E-state index contributed by atoms with van der Waals surface area (Å²) in [6.07, 6.45) is -2.92. The van der Waals surface area contributed by atoms with E-state index in [-0.39, 0.29) is 17.9 Å². The van der Waals surface area contributed by atoms with Crippen LogP contribution in [0.5, 0.6) is 0 Å². The fourth-order valence-electron chi connectivity index (χ4n) is 4.65. The predicted molar refractivity (Wildman–Crippen MR) is 126 cm³/mol. The predicted octanol–water partition coefficient (Wildman–Crippen LogP) is 4.75. The number of piperidine rings is 1. The summed E-state index contributed by atoms with van der Waals surface area (Å²) >= 11 is 1.84. The molecule has 2 fully saturated rings. The van der Waals surface area contributed by atoms with Crippen LogP contribution in [0.4, 0.5) is 18.0 Å². The van der Waals surface area contributed by atoms with Crippen LogP contribution < -0.4 is 0 Å². The molecule has 186 valence electrons. The van der Waals surface area contributed by atoms with E-state index in [1.807, 2.05) is 34.6 Å². The van der Waals surface area contributed by atoms with Crippen LogP contribution in [0.2, 0.25) is 0 Å². The van der Waals surface area contributed by atoms with Crippen molar-refractivity contribution < 1.29 is 22.7 Å². The topological polar surface area (TPSA) is 61.5 Å². The third-order valence-electron chi connectivity index (χ3n) is 6.50. The number of alkyl halides is 3. The normalized spacial score (nSPS) is 21.6. The summed E-state index contributed by atoms with van der Waals surface area (Å²) in [4.78, 5) is 17.1. The maximum Gasteiger partial charge on any atom is 0.416 e. The van der Waals surface area contributed by atoms with Crippen molar-refractivity contribution in [2.45, 2.75) is 37.8 Å². The first kappa shape index (κ1) is 24.9. The third kappa shape index (κ3) is 6.07. The number of nitrogens with one attached hydrogen (secondary N) is 1. The Bertz CT molecular complexity index is 944. The molecular weight excluding hydrogens is 465 g/mol. The molecule has 2 aromatic rings. The molecule has 1 aromatic carbocycles. The Morgan fingerprint density at radius 2 is 1.85 bits per heavy atom. The molecule has 3 heterocycles. The van der Waals surface area contributed by atoms with Gasteiger partial charge in [0.2, 0.25) is 0 Å². The highest BCUT2D eigenvalue weighted by atomic mass is 32.2. The smallest absolute Gasteiger partial charge is 0.381 e. The number of nitrogens with zero attached hydrogens (tertiary/aromatic N) is 3. The molecule has 0 saturated carbocycles. The summed E-state index contributed by atoms with van der Waals surface area (Å²) in [5.41, 5.74) is 2.02. The summed E-state index contributed by atoms with van der Waals surface area (Å²) in [7, 11) is 0. The van der Waals surface area contributed by atoms with Crippen molar-refractivity contribution in [3.8, 4) is 0 Å².